The number of ether oxygens (including phenoxy) is 1. The van der Waals surface area contributed by atoms with E-state index in [0.29, 0.717) is 5.13 Å². The summed E-state index contributed by atoms with van der Waals surface area (Å²) in [5.41, 5.74) is 1.81. The van der Waals surface area contributed by atoms with Crippen LogP contribution in [0.2, 0.25) is 0 Å². The van der Waals surface area contributed by atoms with Gasteiger partial charge in [0.15, 0.2) is 5.13 Å². The molecule has 116 valence electrons. The van der Waals surface area contributed by atoms with E-state index in [2.05, 4.69) is 20.6 Å². The fourth-order valence-electron chi connectivity index (χ4n) is 1.73. The van der Waals surface area contributed by atoms with Gasteiger partial charge in [0.2, 0.25) is 0 Å². The van der Waals surface area contributed by atoms with E-state index in [-0.39, 0.29) is 13.2 Å². The van der Waals surface area contributed by atoms with Crippen LogP contribution in [0.5, 0.6) is 0 Å². The molecule has 22 heavy (non-hydrogen) atoms. The third-order valence-electron chi connectivity index (χ3n) is 2.66. The van der Waals surface area contributed by atoms with E-state index in [1.165, 1.54) is 11.3 Å². The molecule has 0 bridgehead atoms. The number of nitrogens with one attached hydrogen (secondary N) is 2. The second-order valence-electron chi connectivity index (χ2n) is 4.28. The minimum atomic E-state index is -0.497. The molecular weight excluding hydrogens is 304 g/mol. The second-order valence-corrected chi connectivity index (χ2v) is 5.28. The summed E-state index contributed by atoms with van der Waals surface area (Å²) in [7, 11) is 0. The average molecular weight is 320 g/mol. The van der Waals surface area contributed by atoms with Gasteiger partial charge >= 0.3 is 12.0 Å². The highest BCUT2D eigenvalue weighted by Gasteiger charge is 2.12. The fourth-order valence-corrected chi connectivity index (χ4v) is 2.69. The highest BCUT2D eigenvalue weighted by Crippen LogP contribution is 2.32. The van der Waals surface area contributed by atoms with E-state index in [4.69, 9.17) is 4.74 Å². The lowest BCUT2D eigenvalue weighted by atomic mass is 10.2. The molecule has 2 aromatic heterocycles. The van der Waals surface area contributed by atoms with Gasteiger partial charge in [0.25, 0.3) is 0 Å². The Morgan fingerprint density at radius 3 is 2.73 bits per heavy atom. The van der Waals surface area contributed by atoms with Gasteiger partial charge in [0, 0.05) is 12.4 Å². The quantitative estimate of drug-likeness (QED) is 0.824. The number of carbonyl (C=O) groups is 2. The van der Waals surface area contributed by atoms with Gasteiger partial charge in [0.05, 0.1) is 17.2 Å². The summed E-state index contributed by atoms with van der Waals surface area (Å²) in [6, 6.07) is 3.26. The second kappa shape index (κ2) is 7.51. The van der Waals surface area contributed by atoms with Crippen molar-refractivity contribution in [1.82, 2.24) is 15.3 Å². The molecule has 0 unspecified atom stereocenters. The van der Waals surface area contributed by atoms with Crippen LogP contribution < -0.4 is 10.6 Å². The van der Waals surface area contributed by atoms with Crippen molar-refractivity contribution >= 4 is 28.5 Å². The zero-order chi connectivity index (χ0) is 15.9. The van der Waals surface area contributed by atoms with Crippen LogP contribution in [0.4, 0.5) is 9.93 Å². The molecule has 0 saturated carbocycles. The molecule has 2 amide bonds. The lowest BCUT2D eigenvalue weighted by Gasteiger charge is -2.04. The van der Waals surface area contributed by atoms with Crippen molar-refractivity contribution in [2.75, 3.05) is 18.5 Å². The molecule has 7 nitrogen and oxygen atoms in total. The number of aromatic nitrogens is 2. The van der Waals surface area contributed by atoms with E-state index in [0.717, 1.165) is 16.1 Å². The van der Waals surface area contributed by atoms with Crippen LogP contribution in [-0.4, -0.2) is 35.1 Å². The summed E-state index contributed by atoms with van der Waals surface area (Å²) in [4.78, 5) is 32.1. The van der Waals surface area contributed by atoms with Gasteiger partial charge in [-0.25, -0.2) is 9.78 Å². The van der Waals surface area contributed by atoms with Gasteiger partial charge in [-0.1, -0.05) is 11.3 Å². The number of aryl methyl sites for hydroxylation is 1. The molecule has 0 saturated heterocycles. The third-order valence-corrected chi connectivity index (χ3v) is 3.78. The highest BCUT2D eigenvalue weighted by atomic mass is 32.1. The van der Waals surface area contributed by atoms with Crippen LogP contribution in [0.3, 0.4) is 0 Å². The lowest BCUT2D eigenvalue weighted by Crippen LogP contribution is -2.34. The molecule has 0 aliphatic carbocycles. The number of carbonyl (C=O) groups excluding carboxylic acids is 2. The van der Waals surface area contributed by atoms with Crippen molar-refractivity contribution < 1.29 is 14.3 Å². The van der Waals surface area contributed by atoms with E-state index in [9.17, 15) is 9.59 Å². The molecule has 2 heterocycles. The molecule has 0 aliphatic rings. The van der Waals surface area contributed by atoms with Crippen molar-refractivity contribution in [3.05, 3.63) is 30.2 Å². The maximum atomic E-state index is 11.7. The third kappa shape index (κ3) is 4.26. The zero-order valence-electron chi connectivity index (χ0n) is 12.3. The minimum Gasteiger partial charge on any atom is -0.465 e. The number of amides is 2. The number of thiazole rings is 1. The summed E-state index contributed by atoms with van der Waals surface area (Å²) in [5.74, 6) is -0.481. The number of anilines is 1. The van der Waals surface area contributed by atoms with Crippen LogP contribution in [0.25, 0.3) is 10.4 Å². The molecule has 0 atom stereocenters. The van der Waals surface area contributed by atoms with Gasteiger partial charge in [0.1, 0.15) is 6.54 Å². The number of rotatable bonds is 5. The summed E-state index contributed by atoms with van der Waals surface area (Å²) >= 11 is 1.36. The number of pyridine rings is 1. The van der Waals surface area contributed by atoms with Gasteiger partial charge < -0.3 is 10.1 Å². The Balaban J connectivity index is 1.97. The first-order chi connectivity index (χ1) is 10.6. The SMILES string of the molecule is CCOC(=O)CNC(=O)Nc1nc(C)c(-c2ccncc2)s1. The summed E-state index contributed by atoms with van der Waals surface area (Å²) in [6.07, 6.45) is 3.40. The van der Waals surface area contributed by atoms with Crippen LogP contribution in [0.1, 0.15) is 12.6 Å². The average Bonchev–Trinajstić information content (AvgIpc) is 2.87. The predicted octanol–water partition coefficient (Wildman–Crippen LogP) is 2.20. The smallest absolute Gasteiger partial charge is 0.325 e. The number of nitrogens with zero attached hydrogens (tertiary/aromatic N) is 2. The molecule has 2 aromatic rings. The first-order valence-electron chi connectivity index (χ1n) is 6.68. The zero-order valence-corrected chi connectivity index (χ0v) is 13.1. The van der Waals surface area contributed by atoms with Crippen molar-refractivity contribution in [1.29, 1.82) is 0 Å². The van der Waals surface area contributed by atoms with E-state index < -0.39 is 12.0 Å². The topological polar surface area (TPSA) is 93.2 Å². The van der Waals surface area contributed by atoms with E-state index >= 15 is 0 Å². The summed E-state index contributed by atoms with van der Waals surface area (Å²) < 4.78 is 4.72. The van der Waals surface area contributed by atoms with Crippen molar-refractivity contribution in [3.63, 3.8) is 0 Å². The predicted molar refractivity (Wildman–Crippen MR) is 83.7 cm³/mol. The molecule has 0 aromatic carbocycles. The molecule has 0 fully saturated rings. The molecule has 0 spiro atoms. The van der Waals surface area contributed by atoms with Crippen LogP contribution in [0, 0.1) is 6.92 Å². The highest BCUT2D eigenvalue weighted by molar-refractivity contribution is 7.19. The van der Waals surface area contributed by atoms with E-state index in [1.54, 1.807) is 19.3 Å². The van der Waals surface area contributed by atoms with Crippen LogP contribution >= 0.6 is 11.3 Å². The first kappa shape index (κ1) is 15.9. The fraction of sp³-hybridized carbons (Fsp3) is 0.286. The number of esters is 1. The van der Waals surface area contributed by atoms with Gasteiger partial charge in [-0.3, -0.25) is 15.1 Å². The Morgan fingerprint density at radius 1 is 1.32 bits per heavy atom. The van der Waals surface area contributed by atoms with Gasteiger partial charge in [-0.15, -0.1) is 0 Å². The van der Waals surface area contributed by atoms with Crippen molar-refractivity contribution in [2.24, 2.45) is 0 Å². The van der Waals surface area contributed by atoms with Crippen molar-refractivity contribution in [3.8, 4) is 10.4 Å². The Kier molecular flexibility index (Phi) is 5.42. The largest absolute Gasteiger partial charge is 0.465 e. The maximum Gasteiger partial charge on any atom is 0.325 e. The van der Waals surface area contributed by atoms with Gasteiger partial charge in [-0.2, -0.15) is 0 Å². The normalized spacial score (nSPS) is 10.1. The Labute approximate surface area is 131 Å². The molecule has 0 aliphatic heterocycles. The number of urea groups is 1. The Morgan fingerprint density at radius 2 is 2.05 bits per heavy atom. The van der Waals surface area contributed by atoms with Crippen LogP contribution in [-0.2, 0) is 9.53 Å². The van der Waals surface area contributed by atoms with Crippen molar-refractivity contribution in [2.45, 2.75) is 13.8 Å². The number of hydrogen-bond acceptors (Lipinski definition) is 6. The maximum absolute atomic E-state index is 11.7. The molecule has 0 radical (unpaired) electrons. The summed E-state index contributed by atoms with van der Waals surface area (Å²) in [5, 5.41) is 5.48. The molecule has 8 heteroatoms. The van der Waals surface area contributed by atoms with E-state index in [1.807, 2.05) is 19.1 Å². The van der Waals surface area contributed by atoms with Gasteiger partial charge in [-0.05, 0) is 31.5 Å². The number of hydrogen-bond donors (Lipinski definition) is 2. The molecule has 2 rings (SSSR count). The minimum absolute atomic E-state index is 0.179. The standard InChI is InChI=1S/C14H16N4O3S/c1-3-21-11(19)8-16-13(20)18-14-17-9(2)12(22-14)10-4-6-15-7-5-10/h4-7H,3,8H2,1-2H3,(H2,16,17,18,20). The molecule has 2 N–H and O–H groups in total. The Bertz CT molecular complexity index is 657. The summed E-state index contributed by atoms with van der Waals surface area (Å²) in [6.45, 7) is 3.68. The monoisotopic (exact) mass is 320 g/mol. The Hall–Kier alpha value is -2.48. The molecular formula is C14H16N4O3S. The lowest BCUT2D eigenvalue weighted by molar-refractivity contribution is -0.141. The van der Waals surface area contributed by atoms with Crippen LogP contribution in [0.15, 0.2) is 24.5 Å². The first-order valence-corrected chi connectivity index (χ1v) is 7.50.